The highest BCUT2D eigenvalue weighted by Crippen LogP contribution is 2.15. The molecule has 1 aromatic carbocycles. The molecule has 1 aromatic heterocycles. The quantitative estimate of drug-likeness (QED) is 0.871. The van der Waals surface area contributed by atoms with E-state index < -0.39 is 11.6 Å². The molecule has 6 heteroatoms. The van der Waals surface area contributed by atoms with Crippen LogP contribution >= 0.6 is 0 Å². The van der Waals surface area contributed by atoms with Gasteiger partial charge < -0.3 is 4.90 Å². The molecule has 22 heavy (non-hydrogen) atoms. The van der Waals surface area contributed by atoms with E-state index in [-0.39, 0.29) is 0 Å². The van der Waals surface area contributed by atoms with Crippen LogP contribution in [0.2, 0.25) is 0 Å². The zero-order chi connectivity index (χ0) is 15.5. The van der Waals surface area contributed by atoms with Gasteiger partial charge in [0, 0.05) is 50.7 Å². The lowest BCUT2D eigenvalue weighted by Gasteiger charge is -2.34. The van der Waals surface area contributed by atoms with E-state index in [4.69, 9.17) is 0 Å². The predicted molar refractivity (Wildman–Crippen MR) is 80.6 cm³/mol. The molecule has 0 bridgehead atoms. The van der Waals surface area contributed by atoms with Crippen LogP contribution in [0.1, 0.15) is 11.3 Å². The standard InChI is InChI=1S/C16H18F2N4/c1-12-2-3-19-16(20-12)22-6-4-21(5-7-22)11-13-8-14(17)10-15(18)9-13/h2-3,8-10H,4-7,11H2,1H3. The number of aromatic nitrogens is 2. The zero-order valence-corrected chi connectivity index (χ0v) is 12.5. The lowest BCUT2D eigenvalue weighted by atomic mass is 10.2. The van der Waals surface area contributed by atoms with Gasteiger partial charge in [-0.2, -0.15) is 0 Å². The van der Waals surface area contributed by atoms with Crippen molar-refractivity contribution in [3.63, 3.8) is 0 Å². The van der Waals surface area contributed by atoms with Gasteiger partial charge in [0.2, 0.25) is 5.95 Å². The van der Waals surface area contributed by atoms with E-state index in [2.05, 4.69) is 19.8 Å². The van der Waals surface area contributed by atoms with E-state index in [9.17, 15) is 8.78 Å². The minimum atomic E-state index is -0.526. The molecule has 0 N–H and O–H groups in total. The summed E-state index contributed by atoms with van der Waals surface area (Å²) in [6, 6.07) is 5.55. The molecule has 116 valence electrons. The van der Waals surface area contributed by atoms with Gasteiger partial charge in [-0.3, -0.25) is 4.90 Å². The molecule has 1 fully saturated rings. The van der Waals surface area contributed by atoms with Crippen LogP contribution in [-0.4, -0.2) is 41.0 Å². The van der Waals surface area contributed by atoms with Crippen LogP contribution < -0.4 is 4.90 Å². The monoisotopic (exact) mass is 304 g/mol. The maximum absolute atomic E-state index is 13.2. The van der Waals surface area contributed by atoms with Gasteiger partial charge in [-0.15, -0.1) is 0 Å². The SMILES string of the molecule is Cc1ccnc(N2CCN(Cc3cc(F)cc(F)c3)CC2)n1. The molecule has 3 rings (SSSR count). The Labute approximate surface area is 128 Å². The maximum atomic E-state index is 13.2. The number of rotatable bonds is 3. The minimum absolute atomic E-state index is 0.526. The van der Waals surface area contributed by atoms with Crippen molar-refractivity contribution in [3.8, 4) is 0 Å². The summed E-state index contributed by atoms with van der Waals surface area (Å²) in [5, 5.41) is 0. The molecule has 2 heterocycles. The topological polar surface area (TPSA) is 32.3 Å². The molecule has 0 atom stereocenters. The third-order valence-corrected chi connectivity index (χ3v) is 3.77. The van der Waals surface area contributed by atoms with Gasteiger partial charge in [0.05, 0.1) is 0 Å². The fourth-order valence-electron chi connectivity index (χ4n) is 2.65. The van der Waals surface area contributed by atoms with Crippen LogP contribution in [0.4, 0.5) is 14.7 Å². The lowest BCUT2D eigenvalue weighted by molar-refractivity contribution is 0.248. The van der Waals surface area contributed by atoms with Gasteiger partial charge in [-0.05, 0) is 30.7 Å². The first-order chi connectivity index (χ1) is 10.6. The third kappa shape index (κ3) is 3.57. The highest BCUT2D eigenvalue weighted by Gasteiger charge is 2.19. The Morgan fingerprint density at radius 2 is 1.73 bits per heavy atom. The highest BCUT2D eigenvalue weighted by atomic mass is 19.1. The number of piperazine rings is 1. The second kappa shape index (κ2) is 6.36. The van der Waals surface area contributed by atoms with Crippen molar-refractivity contribution in [2.75, 3.05) is 31.1 Å². The van der Waals surface area contributed by atoms with Crippen LogP contribution in [0.25, 0.3) is 0 Å². The Bertz CT molecular complexity index is 634. The van der Waals surface area contributed by atoms with E-state index in [1.807, 2.05) is 13.0 Å². The number of hydrogen-bond acceptors (Lipinski definition) is 4. The van der Waals surface area contributed by atoms with Crippen LogP contribution in [0.15, 0.2) is 30.5 Å². The Morgan fingerprint density at radius 1 is 1.05 bits per heavy atom. The average molecular weight is 304 g/mol. The Kier molecular flexibility index (Phi) is 4.29. The van der Waals surface area contributed by atoms with E-state index in [1.54, 1.807) is 6.20 Å². The fraction of sp³-hybridized carbons (Fsp3) is 0.375. The molecule has 0 radical (unpaired) electrons. The van der Waals surface area contributed by atoms with E-state index in [0.717, 1.165) is 43.9 Å². The van der Waals surface area contributed by atoms with Crippen molar-refractivity contribution < 1.29 is 8.78 Å². The van der Waals surface area contributed by atoms with Crippen molar-refractivity contribution in [3.05, 3.63) is 53.4 Å². The van der Waals surface area contributed by atoms with Crippen molar-refractivity contribution in [2.45, 2.75) is 13.5 Å². The number of aryl methyl sites for hydroxylation is 1. The van der Waals surface area contributed by atoms with Gasteiger partial charge >= 0.3 is 0 Å². The van der Waals surface area contributed by atoms with E-state index in [0.29, 0.717) is 12.1 Å². The summed E-state index contributed by atoms with van der Waals surface area (Å²) in [7, 11) is 0. The first kappa shape index (κ1) is 14.8. The zero-order valence-electron chi connectivity index (χ0n) is 12.5. The molecule has 0 unspecified atom stereocenters. The molecule has 1 aliphatic heterocycles. The molecular formula is C16H18F2N4. The number of anilines is 1. The van der Waals surface area contributed by atoms with E-state index >= 15 is 0 Å². The Balaban J connectivity index is 1.60. The summed E-state index contributed by atoms with van der Waals surface area (Å²) < 4.78 is 26.4. The summed E-state index contributed by atoms with van der Waals surface area (Å²) in [5.74, 6) is -0.306. The first-order valence-corrected chi connectivity index (χ1v) is 7.32. The largest absolute Gasteiger partial charge is 0.338 e. The van der Waals surface area contributed by atoms with Crippen molar-refractivity contribution in [1.82, 2.24) is 14.9 Å². The van der Waals surface area contributed by atoms with E-state index in [1.165, 1.54) is 12.1 Å². The maximum Gasteiger partial charge on any atom is 0.225 e. The van der Waals surface area contributed by atoms with Crippen molar-refractivity contribution in [1.29, 1.82) is 0 Å². The summed E-state index contributed by atoms with van der Waals surface area (Å²) in [5.41, 5.74) is 1.61. The van der Waals surface area contributed by atoms with Gasteiger partial charge in [0.15, 0.2) is 0 Å². The smallest absolute Gasteiger partial charge is 0.225 e. The summed E-state index contributed by atoms with van der Waals surface area (Å²) in [6.45, 7) is 5.74. The van der Waals surface area contributed by atoms with Gasteiger partial charge in [-0.25, -0.2) is 18.7 Å². The summed E-state index contributed by atoms with van der Waals surface area (Å²) in [4.78, 5) is 13.0. The molecule has 4 nitrogen and oxygen atoms in total. The van der Waals surface area contributed by atoms with Crippen LogP contribution in [-0.2, 0) is 6.54 Å². The molecule has 0 amide bonds. The lowest BCUT2D eigenvalue weighted by Crippen LogP contribution is -2.46. The number of halogens is 2. The molecule has 0 saturated carbocycles. The molecular weight excluding hydrogens is 286 g/mol. The van der Waals surface area contributed by atoms with Gasteiger partial charge in [-0.1, -0.05) is 0 Å². The predicted octanol–water partition coefficient (Wildman–Crippen LogP) is 2.39. The van der Waals surface area contributed by atoms with Crippen molar-refractivity contribution in [2.24, 2.45) is 0 Å². The Morgan fingerprint density at radius 3 is 2.36 bits per heavy atom. The molecule has 1 aliphatic rings. The fourth-order valence-corrected chi connectivity index (χ4v) is 2.65. The minimum Gasteiger partial charge on any atom is -0.338 e. The first-order valence-electron chi connectivity index (χ1n) is 7.32. The van der Waals surface area contributed by atoms with Crippen LogP contribution in [0.3, 0.4) is 0 Å². The number of hydrogen-bond donors (Lipinski definition) is 0. The van der Waals surface area contributed by atoms with Gasteiger partial charge in [0.1, 0.15) is 11.6 Å². The summed E-state index contributed by atoms with van der Waals surface area (Å²) in [6.07, 6.45) is 1.76. The summed E-state index contributed by atoms with van der Waals surface area (Å²) >= 11 is 0. The Hall–Kier alpha value is -2.08. The normalized spacial score (nSPS) is 16.0. The van der Waals surface area contributed by atoms with Crippen LogP contribution in [0.5, 0.6) is 0 Å². The molecule has 2 aromatic rings. The number of benzene rings is 1. The van der Waals surface area contributed by atoms with Crippen LogP contribution in [0, 0.1) is 18.6 Å². The average Bonchev–Trinajstić information content (AvgIpc) is 2.47. The molecule has 1 saturated heterocycles. The van der Waals surface area contributed by atoms with Crippen molar-refractivity contribution >= 4 is 5.95 Å². The third-order valence-electron chi connectivity index (χ3n) is 3.77. The number of nitrogens with zero attached hydrogens (tertiary/aromatic N) is 4. The second-order valence-electron chi connectivity index (χ2n) is 5.54. The second-order valence-corrected chi connectivity index (χ2v) is 5.54. The molecule has 0 spiro atoms. The molecule has 0 aliphatic carbocycles. The highest BCUT2D eigenvalue weighted by molar-refractivity contribution is 5.31. The van der Waals surface area contributed by atoms with Gasteiger partial charge in [0.25, 0.3) is 0 Å².